The number of nitrogens with zero attached hydrogens (tertiary/aromatic N) is 3. The van der Waals surface area contributed by atoms with Crippen LogP contribution in [-0.4, -0.2) is 30.4 Å². The Morgan fingerprint density at radius 1 is 1.14 bits per heavy atom. The number of ether oxygens (including phenoxy) is 1. The highest BCUT2D eigenvalue weighted by Gasteiger charge is 2.14. The van der Waals surface area contributed by atoms with Crippen molar-refractivity contribution in [2.24, 2.45) is 0 Å². The molecule has 0 bridgehead atoms. The molecule has 0 radical (unpaired) electrons. The van der Waals surface area contributed by atoms with E-state index in [-0.39, 0.29) is 0 Å². The second-order valence-corrected chi connectivity index (χ2v) is 5.23. The van der Waals surface area contributed by atoms with E-state index < -0.39 is 0 Å². The van der Waals surface area contributed by atoms with Crippen molar-refractivity contribution >= 4 is 11.4 Å². The molecular weight excluding hydrogens is 262 g/mol. The molecule has 0 amide bonds. The SMILES string of the molecule is COc1ccc(N2CC=C(c3cccc(C)c3)CC2)nn1. The molecule has 2 heterocycles. The Kier molecular flexibility index (Phi) is 3.86. The van der Waals surface area contributed by atoms with Crippen LogP contribution in [0.3, 0.4) is 0 Å². The third kappa shape index (κ3) is 3.05. The van der Waals surface area contributed by atoms with Crippen molar-refractivity contribution in [3.05, 3.63) is 53.6 Å². The fourth-order valence-corrected chi connectivity index (χ4v) is 2.57. The van der Waals surface area contributed by atoms with E-state index >= 15 is 0 Å². The summed E-state index contributed by atoms with van der Waals surface area (Å²) in [6.45, 7) is 3.96. The highest BCUT2D eigenvalue weighted by Crippen LogP contribution is 2.25. The molecule has 1 aromatic carbocycles. The first-order valence-electron chi connectivity index (χ1n) is 7.15. The minimum atomic E-state index is 0.548. The minimum Gasteiger partial charge on any atom is -0.480 e. The fourth-order valence-electron chi connectivity index (χ4n) is 2.57. The van der Waals surface area contributed by atoms with Crippen molar-refractivity contribution in [2.75, 3.05) is 25.1 Å². The highest BCUT2D eigenvalue weighted by molar-refractivity contribution is 5.68. The van der Waals surface area contributed by atoms with E-state index in [0.717, 1.165) is 25.3 Å². The van der Waals surface area contributed by atoms with Crippen LogP contribution in [-0.2, 0) is 0 Å². The summed E-state index contributed by atoms with van der Waals surface area (Å²) in [5, 5.41) is 8.23. The van der Waals surface area contributed by atoms with E-state index in [4.69, 9.17) is 4.74 Å². The minimum absolute atomic E-state index is 0.548. The van der Waals surface area contributed by atoms with Gasteiger partial charge in [-0.05, 0) is 30.5 Å². The van der Waals surface area contributed by atoms with Gasteiger partial charge in [-0.1, -0.05) is 35.9 Å². The Morgan fingerprint density at radius 2 is 2.05 bits per heavy atom. The first-order chi connectivity index (χ1) is 10.3. The summed E-state index contributed by atoms with van der Waals surface area (Å²) in [5.74, 6) is 1.45. The molecule has 2 aromatic rings. The lowest BCUT2D eigenvalue weighted by Crippen LogP contribution is -2.29. The number of aryl methyl sites for hydroxylation is 1. The van der Waals surface area contributed by atoms with E-state index in [1.165, 1.54) is 16.7 Å². The predicted molar refractivity (Wildman–Crippen MR) is 84.6 cm³/mol. The third-order valence-electron chi connectivity index (χ3n) is 3.76. The van der Waals surface area contributed by atoms with Crippen LogP contribution < -0.4 is 9.64 Å². The van der Waals surface area contributed by atoms with Crippen LogP contribution in [0.25, 0.3) is 5.57 Å². The van der Waals surface area contributed by atoms with Crippen molar-refractivity contribution in [1.29, 1.82) is 0 Å². The topological polar surface area (TPSA) is 38.2 Å². The van der Waals surface area contributed by atoms with E-state index in [9.17, 15) is 0 Å². The maximum atomic E-state index is 5.04. The van der Waals surface area contributed by atoms with Gasteiger partial charge in [0, 0.05) is 19.2 Å². The Balaban J connectivity index is 1.73. The van der Waals surface area contributed by atoms with Crippen molar-refractivity contribution in [2.45, 2.75) is 13.3 Å². The lowest BCUT2D eigenvalue weighted by atomic mass is 9.98. The van der Waals surface area contributed by atoms with E-state index in [1.807, 2.05) is 12.1 Å². The fraction of sp³-hybridized carbons (Fsp3) is 0.294. The van der Waals surface area contributed by atoms with Crippen LogP contribution >= 0.6 is 0 Å². The Morgan fingerprint density at radius 3 is 2.67 bits per heavy atom. The average molecular weight is 281 g/mol. The smallest absolute Gasteiger partial charge is 0.233 e. The summed E-state index contributed by atoms with van der Waals surface area (Å²) in [5.41, 5.74) is 4.05. The number of benzene rings is 1. The number of hydrogen-bond acceptors (Lipinski definition) is 4. The van der Waals surface area contributed by atoms with Gasteiger partial charge in [0.1, 0.15) is 0 Å². The summed E-state index contributed by atoms with van der Waals surface area (Å²) < 4.78 is 5.04. The lowest BCUT2D eigenvalue weighted by molar-refractivity contribution is 0.392. The first-order valence-corrected chi connectivity index (χ1v) is 7.15. The maximum absolute atomic E-state index is 5.04. The normalized spacial score (nSPS) is 14.8. The second-order valence-electron chi connectivity index (χ2n) is 5.23. The van der Waals surface area contributed by atoms with Crippen molar-refractivity contribution in [3.63, 3.8) is 0 Å². The van der Waals surface area contributed by atoms with E-state index in [2.05, 4.69) is 52.4 Å². The summed E-state index contributed by atoms with van der Waals surface area (Å²) in [6.07, 6.45) is 3.31. The van der Waals surface area contributed by atoms with E-state index in [1.54, 1.807) is 7.11 Å². The lowest BCUT2D eigenvalue weighted by Gasteiger charge is -2.27. The van der Waals surface area contributed by atoms with Gasteiger partial charge in [0.05, 0.1) is 7.11 Å². The van der Waals surface area contributed by atoms with Crippen molar-refractivity contribution < 1.29 is 4.74 Å². The summed E-state index contributed by atoms with van der Waals surface area (Å²) >= 11 is 0. The molecule has 1 aliphatic heterocycles. The van der Waals surface area contributed by atoms with Crippen LogP contribution in [0.1, 0.15) is 17.5 Å². The monoisotopic (exact) mass is 281 g/mol. The number of methoxy groups -OCH3 is 1. The van der Waals surface area contributed by atoms with E-state index in [0.29, 0.717) is 5.88 Å². The highest BCUT2D eigenvalue weighted by atomic mass is 16.5. The molecule has 0 fully saturated rings. The molecule has 0 saturated carbocycles. The predicted octanol–water partition coefficient (Wildman–Crippen LogP) is 3.09. The van der Waals surface area contributed by atoms with Crippen LogP contribution in [0.5, 0.6) is 5.88 Å². The van der Waals surface area contributed by atoms with Crippen LogP contribution in [0, 0.1) is 6.92 Å². The zero-order valence-electron chi connectivity index (χ0n) is 12.4. The standard InChI is InChI=1S/C17H19N3O/c1-13-4-3-5-15(12-13)14-8-10-20(11-9-14)16-6-7-17(21-2)19-18-16/h3-8,12H,9-11H2,1-2H3. The molecule has 1 aliphatic rings. The molecule has 0 unspecified atom stereocenters. The molecular formula is C17H19N3O. The van der Waals surface area contributed by atoms with Gasteiger partial charge in [0.2, 0.25) is 5.88 Å². The number of anilines is 1. The third-order valence-corrected chi connectivity index (χ3v) is 3.76. The van der Waals surface area contributed by atoms with Gasteiger partial charge in [-0.3, -0.25) is 0 Å². The molecule has 3 rings (SSSR count). The van der Waals surface area contributed by atoms with Gasteiger partial charge in [0.25, 0.3) is 0 Å². The number of hydrogen-bond donors (Lipinski definition) is 0. The molecule has 0 N–H and O–H groups in total. The molecule has 0 atom stereocenters. The maximum Gasteiger partial charge on any atom is 0.233 e. The molecule has 4 heteroatoms. The quantitative estimate of drug-likeness (QED) is 0.866. The Hall–Kier alpha value is -2.36. The van der Waals surface area contributed by atoms with Gasteiger partial charge in [-0.15, -0.1) is 10.2 Å². The summed E-state index contributed by atoms with van der Waals surface area (Å²) in [7, 11) is 1.60. The van der Waals surface area contributed by atoms with Gasteiger partial charge in [-0.25, -0.2) is 0 Å². The van der Waals surface area contributed by atoms with Crippen LogP contribution in [0.15, 0.2) is 42.5 Å². The summed E-state index contributed by atoms with van der Waals surface area (Å²) in [4.78, 5) is 2.23. The van der Waals surface area contributed by atoms with Crippen molar-refractivity contribution in [1.82, 2.24) is 10.2 Å². The van der Waals surface area contributed by atoms with Gasteiger partial charge < -0.3 is 9.64 Å². The van der Waals surface area contributed by atoms with Crippen LogP contribution in [0.4, 0.5) is 5.82 Å². The average Bonchev–Trinajstić information content (AvgIpc) is 2.55. The largest absolute Gasteiger partial charge is 0.480 e. The second kappa shape index (κ2) is 5.95. The molecule has 0 spiro atoms. The molecule has 0 aliphatic carbocycles. The zero-order valence-corrected chi connectivity index (χ0v) is 12.4. The molecule has 108 valence electrons. The first kappa shape index (κ1) is 13.6. The Bertz CT molecular complexity index is 649. The van der Waals surface area contributed by atoms with Gasteiger partial charge in [0.15, 0.2) is 5.82 Å². The molecule has 1 aromatic heterocycles. The molecule has 4 nitrogen and oxygen atoms in total. The summed E-state index contributed by atoms with van der Waals surface area (Å²) in [6, 6.07) is 12.5. The number of rotatable bonds is 3. The molecule has 0 saturated heterocycles. The number of aromatic nitrogens is 2. The van der Waals surface area contributed by atoms with Crippen molar-refractivity contribution in [3.8, 4) is 5.88 Å². The molecule has 21 heavy (non-hydrogen) atoms. The van der Waals surface area contributed by atoms with Crippen LogP contribution in [0.2, 0.25) is 0 Å². The van der Waals surface area contributed by atoms with Gasteiger partial charge in [-0.2, -0.15) is 0 Å². The van der Waals surface area contributed by atoms with Gasteiger partial charge >= 0.3 is 0 Å². The zero-order chi connectivity index (χ0) is 14.7. The Labute approximate surface area is 125 Å².